The summed E-state index contributed by atoms with van der Waals surface area (Å²) in [4.78, 5) is 24.7. The minimum absolute atomic E-state index is 0.0950. The Hall–Kier alpha value is -2.22. The molecule has 0 spiro atoms. The van der Waals surface area contributed by atoms with Gasteiger partial charge < -0.3 is 14.6 Å². The number of hydrogen-bond donors (Lipinski definition) is 1. The molecule has 0 amide bonds. The highest BCUT2D eigenvalue weighted by Gasteiger charge is 2.21. The van der Waals surface area contributed by atoms with Gasteiger partial charge in [0.1, 0.15) is 18.4 Å². The van der Waals surface area contributed by atoms with Crippen molar-refractivity contribution in [2.45, 2.75) is 25.4 Å². The minimum atomic E-state index is -1.32. The Balaban J connectivity index is 2.09. The van der Waals surface area contributed by atoms with Crippen LogP contribution >= 0.6 is 0 Å². The van der Waals surface area contributed by atoms with Gasteiger partial charge in [-0.1, -0.05) is 0 Å². The molecule has 1 saturated heterocycles. The van der Waals surface area contributed by atoms with Crippen molar-refractivity contribution >= 4 is 11.7 Å². The van der Waals surface area contributed by atoms with Gasteiger partial charge in [0.25, 0.3) is 5.69 Å². The lowest BCUT2D eigenvalue weighted by Crippen LogP contribution is -2.26. The molecule has 108 valence electrons. The van der Waals surface area contributed by atoms with Crippen molar-refractivity contribution in [2.75, 3.05) is 13.2 Å². The molecule has 1 aromatic heterocycles. The van der Waals surface area contributed by atoms with Crippen LogP contribution in [0.3, 0.4) is 0 Å². The molecule has 0 bridgehead atoms. The molecule has 0 radical (unpaired) electrons. The molecule has 0 aromatic carbocycles. The fourth-order valence-corrected chi connectivity index (χ4v) is 1.92. The zero-order chi connectivity index (χ0) is 14.5. The van der Waals surface area contributed by atoms with E-state index >= 15 is 0 Å². The Kier molecular flexibility index (Phi) is 4.46. The molecular formula is C12H14N2O6. The van der Waals surface area contributed by atoms with Gasteiger partial charge in [-0.15, -0.1) is 0 Å². The van der Waals surface area contributed by atoms with E-state index in [1.54, 1.807) is 0 Å². The Morgan fingerprint density at radius 2 is 2.40 bits per heavy atom. The SMILES string of the molecule is O=C(O)c1cc([N+](=O)[O-])cnc1OCC1CCCCO1. The quantitative estimate of drug-likeness (QED) is 0.645. The van der Waals surface area contributed by atoms with Crippen LogP contribution in [0.5, 0.6) is 5.88 Å². The highest BCUT2D eigenvalue weighted by molar-refractivity contribution is 5.90. The van der Waals surface area contributed by atoms with Crippen LogP contribution in [0.2, 0.25) is 0 Å². The third-order valence-electron chi connectivity index (χ3n) is 2.96. The van der Waals surface area contributed by atoms with E-state index in [9.17, 15) is 14.9 Å². The lowest BCUT2D eigenvalue weighted by Gasteiger charge is -2.22. The zero-order valence-electron chi connectivity index (χ0n) is 10.7. The molecule has 0 aliphatic carbocycles. The van der Waals surface area contributed by atoms with Gasteiger partial charge in [0.05, 0.1) is 11.0 Å². The summed E-state index contributed by atoms with van der Waals surface area (Å²) in [6.45, 7) is 0.846. The van der Waals surface area contributed by atoms with Gasteiger partial charge in [0, 0.05) is 12.7 Å². The number of nitro groups is 1. The lowest BCUT2D eigenvalue weighted by molar-refractivity contribution is -0.385. The third-order valence-corrected chi connectivity index (χ3v) is 2.96. The third kappa shape index (κ3) is 3.41. The van der Waals surface area contributed by atoms with E-state index < -0.39 is 10.9 Å². The number of carboxylic acid groups (broad SMARTS) is 1. The number of rotatable bonds is 5. The van der Waals surface area contributed by atoms with Crippen molar-refractivity contribution in [1.29, 1.82) is 0 Å². The molecule has 1 aliphatic rings. The number of ether oxygens (including phenoxy) is 2. The molecule has 8 nitrogen and oxygen atoms in total. The van der Waals surface area contributed by atoms with Gasteiger partial charge in [-0.25, -0.2) is 9.78 Å². The second-order valence-electron chi connectivity index (χ2n) is 4.41. The summed E-state index contributed by atoms with van der Waals surface area (Å²) < 4.78 is 10.8. The van der Waals surface area contributed by atoms with Gasteiger partial charge in [0.15, 0.2) is 0 Å². The number of aromatic carboxylic acids is 1. The number of hydrogen-bond acceptors (Lipinski definition) is 6. The van der Waals surface area contributed by atoms with Crippen LogP contribution in [0.4, 0.5) is 5.69 Å². The number of pyridine rings is 1. The Bertz CT molecular complexity index is 513. The van der Waals surface area contributed by atoms with Gasteiger partial charge in [0.2, 0.25) is 5.88 Å². The molecule has 1 N–H and O–H groups in total. The molecule has 1 aliphatic heterocycles. The van der Waals surface area contributed by atoms with E-state index in [1.807, 2.05) is 0 Å². The molecule has 8 heteroatoms. The maximum Gasteiger partial charge on any atom is 0.341 e. The second-order valence-corrected chi connectivity index (χ2v) is 4.41. The largest absolute Gasteiger partial charge is 0.477 e. The Morgan fingerprint density at radius 3 is 3.00 bits per heavy atom. The number of nitrogens with zero attached hydrogens (tertiary/aromatic N) is 2. The van der Waals surface area contributed by atoms with Crippen molar-refractivity contribution in [3.05, 3.63) is 27.9 Å². The maximum atomic E-state index is 11.1. The fourth-order valence-electron chi connectivity index (χ4n) is 1.92. The van der Waals surface area contributed by atoms with E-state index in [2.05, 4.69) is 4.98 Å². The summed E-state index contributed by atoms with van der Waals surface area (Å²) in [6, 6.07) is 0.937. The summed E-state index contributed by atoms with van der Waals surface area (Å²) >= 11 is 0. The highest BCUT2D eigenvalue weighted by Crippen LogP contribution is 2.22. The molecular weight excluding hydrogens is 268 g/mol. The summed E-state index contributed by atoms with van der Waals surface area (Å²) in [5.41, 5.74) is -0.710. The average molecular weight is 282 g/mol. The number of carbonyl (C=O) groups is 1. The second kappa shape index (κ2) is 6.29. The van der Waals surface area contributed by atoms with Crippen molar-refractivity contribution < 1.29 is 24.3 Å². The minimum Gasteiger partial charge on any atom is -0.477 e. The predicted octanol–water partition coefficient (Wildman–Crippen LogP) is 1.64. The van der Waals surface area contributed by atoms with Crippen molar-refractivity contribution in [1.82, 2.24) is 4.98 Å². The smallest absolute Gasteiger partial charge is 0.341 e. The number of carboxylic acids is 1. The van der Waals surface area contributed by atoms with Crippen LogP contribution in [0.1, 0.15) is 29.6 Å². The van der Waals surface area contributed by atoms with Crippen LogP contribution in [-0.2, 0) is 4.74 Å². The van der Waals surface area contributed by atoms with E-state index in [0.717, 1.165) is 31.5 Å². The standard InChI is InChI=1S/C12H14N2O6/c15-12(16)10-5-8(14(17)18)6-13-11(10)20-7-9-3-1-2-4-19-9/h5-6,9H,1-4,7H2,(H,15,16). The van der Waals surface area contributed by atoms with Crippen LogP contribution < -0.4 is 4.74 Å². The van der Waals surface area contributed by atoms with E-state index in [4.69, 9.17) is 14.6 Å². The first-order valence-electron chi connectivity index (χ1n) is 6.20. The maximum absolute atomic E-state index is 11.1. The summed E-state index contributed by atoms with van der Waals surface area (Å²) in [7, 11) is 0. The monoisotopic (exact) mass is 282 g/mol. The van der Waals surface area contributed by atoms with Crippen molar-refractivity contribution in [2.24, 2.45) is 0 Å². The van der Waals surface area contributed by atoms with Crippen LogP contribution in [0, 0.1) is 10.1 Å². The number of aromatic nitrogens is 1. The molecule has 2 heterocycles. The van der Waals surface area contributed by atoms with E-state index in [-0.39, 0.29) is 29.8 Å². The zero-order valence-corrected chi connectivity index (χ0v) is 10.7. The Labute approximate surface area is 114 Å². The summed E-state index contributed by atoms with van der Waals surface area (Å²) in [5, 5.41) is 19.6. The molecule has 1 aromatic rings. The lowest BCUT2D eigenvalue weighted by atomic mass is 10.1. The summed E-state index contributed by atoms with van der Waals surface area (Å²) in [6.07, 6.45) is 3.77. The highest BCUT2D eigenvalue weighted by atomic mass is 16.6. The molecule has 1 unspecified atom stereocenters. The first-order chi connectivity index (χ1) is 9.58. The van der Waals surface area contributed by atoms with Crippen LogP contribution in [0.15, 0.2) is 12.3 Å². The topological polar surface area (TPSA) is 112 Å². The molecule has 0 saturated carbocycles. The van der Waals surface area contributed by atoms with Gasteiger partial charge in [-0.05, 0) is 19.3 Å². The van der Waals surface area contributed by atoms with Crippen molar-refractivity contribution in [3.8, 4) is 5.88 Å². The first kappa shape index (κ1) is 14.2. The molecule has 2 rings (SSSR count). The molecule has 1 fully saturated rings. The molecule has 1 atom stereocenters. The van der Waals surface area contributed by atoms with Gasteiger partial charge in [-0.3, -0.25) is 10.1 Å². The van der Waals surface area contributed by atoms with E-state index in [0.29, 0.717) is 6.61 Å². The Morgan fingerprint density at radius 1 is 1.60 bits per heavy atom. The first-order valence-corrected chi connectivity index (χ1v) is 6.20. The summed E-state index contributed by atoms with van der Waals surface area (Å²) in [5.74, 6) is -1.45. The normalized spacial score (nSPS) is 18.5. The van der Waals surface area contributed by atoms with Crippen molar-refractivity contribution in [3.63, 3.8) is 0 Å². The van der Waals surface area contributed by atoms with Gasteiger partial charge >= 0.3 is 5.97 Å². The van der Waals surface area contributed by atoms with Crippen LogP contribution in [-0.4, -0.2) is 40.3 Å². The molecule has 20 heavy (non-hydrogen) atoms. The average Bonchev–Trinajstić information content (AvgIpc) is 2.45. The van der Waals surface area contributed by atoms with Crippen LogP contribution in [0.25, 0.3) is 0 Å². The predicted molar refractivity (Wildman–Crippen MR) is 66.9 cm³/mol. The van der Waals surface area contributed by atoms with E-state index in [1.165, 1.54) is 0 Å². The van der Waals surface area contributed by atoms with Gasteiger partial charge in [-0.2, -0.15) is 0 Å². The fraction of sp³-hybridized carbons (Fsp3) is 0.500.